The van der Waals surface area contributed by atoms with Gasteiger partial charge in [0.25, 0.3) is 0 Å². The van der Waals surface area contributed by atoms with Crippen LogP contribution in [0.1, 0.15) is 49.9 Å². The Labute approximate surface area is 88.9 Å². The topological polar surface area (TPSA) is 55.1 Å². The quantitative estimate of drug-likeness (QED) is 0.808. The average molecular weight is 208 g/mol. The van der Waals surface area contributed by atoms with Gasteiger partial charge >= 0.3 is 5.97 Å². The van der Waals surface area contributed by atoms with E-state index in [-0.39, 0.29) is 0 Å². The van der Waals surface area contributed by atoms with E-state index in [4.69, 9.17) is 5.11 Å². The zero-order valence-electron chi connectivity index (χ0n) is 9.10. The van der Waals surface area contributed by atoms with Crippen molar-refractivity contribution in [2.45, 2.75) is 45.1 Å². The van der Waals surface area contributed by atoms with Crippen molar-refractivity contribution < 1.29 is 9.90 Å². The SMILES string of the molecule is CC(C)n1cc2c(n1)C(C(=O)O)CCC2. The first-order valence-corrected chi connectivity index (χ1v) is 5.40. The Bertz CT molecular complexity index is 382. The van der Waals surface area contributed by atoms with Crippen molar-refractivity contribution in [1.29, 1.82) is 0 Å². The van der Waals surface area contributed by atoms with Gasteiger partial charge in [0.2, 0.25) is 0 Å². The highest BCUT2D eigenvalue weighted by molar-refractivity contribution is 5.76. The molecule has 0 spiro atoms. The lowest BCUT2D eigenvalue weighted by Crippen LogP contribution is -2.17. The van der Waals surface area contributed by atoms with Crippen LogP contribution in [0.5, 0.6) is 0 Å². The maximum atomic E-state index is 11.0. The second-order valence-corrected chi connectivity index (χ2v) is 4.40. The summed E-state index contributed by atoms with van der Waals surface area (Å²) in [4.78, 5) is 11.0. The number of aryl methyl sites for hydroxylation is 1. The minimum Gasteiger partial charge on any atom is -0.481 e. The van der Waals surface area contributed by atoms with Crippen molar-refractivity contribution in [3.8, 4) is 0 Å². The third-order valence-electron chi connectivity index (χ3n) is 2.94. The Hall–Kier alpha value is -1.32. The molecule has 82 valence electrons. The van der Waals surface area contributed by atoms with E-state index in [1.807, 2.05) is 24.7 Å². The van der Waals surface area contributed by atoms with E-state index >= 15 is 0 Å². The molecular weight excluding hydrogens is 192 g/mol. The summed E-state index contributed by atoms with van der Waals surface area (Å²) in [5.74, 6) is -1.14. The van der Waals surface area contributed by atoms with Crippen LogP contribution in [-0.2, 0) is 11.2 Å². The Morgan fingerprint density at radius 2 is 2.40 bits per heavy atom. The van der Waals surface area contributed by atoms with E-state index in [1.165, 1.54) is 0 Å². The molecule has 1 unspecified atom stereocenters. The molecule has 0 saturated heterocycles. The van der Waals surface area contributed by atoms with Gasteiger partial charge in [0, 0.05) is 12.2 Å². The van der Waals surface area contributed by atoms with Crippen LogP contribution in [0.4, 0.5) is 0 Å². The molecule has 1 heterocycles. The number of fused-ring (bicyclic) bond motifs is 1. The molecule has 0 aromatic carbocycles. The largest absolute Gasteiger partial charge is 0.481 e. The number of rotatable bonds is 2. The summed E-state index contributed by atoms with van der Waals surface area (Å²) >= 11 is 0. The molecule has 1 N–H and O–H groups in total. The van der Waals surface area contributed by atoms with Crippen molar-refractivity contribution >= 4 is 5.97 Å². The predicted molar refractivity (Wildman–Crippen MR) is 55.9 cm³/mol. The minimum absolute atomic E-state index is 0.296. The molecule has 4 nitrogen and oxygen atoms in total. The van der Waals surface area contributed by atoms with Gasteiger partial charge in [-0.2, -0.15) is 5.10 Å². The molecule has 0 saturated carbocycles. The number of carbonyl (C=O) groups is 1. The zero-order valence-corrected chi connectivity index (χ0v) is 9.10. The Morgan fingerprint density at radius 1 is 1.67 bits per heavy atom. The molecule has 1 aliphatic rings. The molecular formula is C11H16N2O2. The van der Waals surface area contributed by atoms with Gasteiger partial charge < -0.3 is 5.11 Å². The standard InChI is InChI=1S/C11H16N2O2/c1-7(2)13-6-8-4-3-5-9(11(14)15)10(8)12-13/h6-7,9H,3-5H2,1-2H3,(H,14,15). The highest BCUT2D eigenvalue weighted by Gasteiger charge is 2.29. The molecule has 0 bridgehead atoms. The van der Waals surface area contributed by atoms with Gasteiger partial charge in [-0.15, -0.1) is 0 Å². The normalized spacial score (nSPS) is 20.3. The maximum absolute atomic E-state index is 11.0. The summed E-state index contributed by atoms with van der Waals surface area (Å²) in [6, 6.07) is 0.296. The minimum atomic E-state index is -0.745. The van der Waals surface area contributed by atoms with Crippen molar-refractivity contribution in [3.63, 3.8) is 0 Å². The first kappa shape index (κ1) is 10.2. The van der Waals surface area contributed by atoms with Gasteiger partial charge in [0.15, 0.2) is 0 Å². The molecule has 2 rings (SSSR count). The third-order valence-corrected chi connectivity index (χ3v) is 2.94. The predicted octanol–water partition coefficient (Wildman–Crippen LogP) is 1.97. The summed E-state index contributed by atoms with van der Waals surface area (Å²) in [5.41, 5.74) is 1.89. The fourth-order valence-corrected chi connectivity index (χ4v) is 2.07. The lowest BCUT2D eigenvalue weighted by atomic mass is 9.88. The van der Waals surface area contributed by atoms with Crippen LogP contribution < -0.4 is 0 Å². The van der Waals surface area contributed by atoms with Crippen molar-refractivity contribution in [1.82, 2.24) is 9.78 Å². The lowest BCUT2D eigenvalue weighted by Gasteiger charge is -2.16. The van der Waals surface area contributed by atoms with Crippen LogP contribution in [-0.4, -0.2) is 20.9 Å². The highest BCUT2D eigenvalue weighted by Crippen LogP contribution is 2.31. The number of hydrogen-bond donors (Lipinski definition) is 1. The molecule has 1 atom stereocenters. The summed E-state index contributed by atoms with van der Waals surface area (Å²) in [7, 11) is 0. The smallest absolute Gasteiger partial charge is 0.312 e. The maximum Gasteiger partial charge on any atom is 0.312 e. The van der Waals surface area contributed by atoms with Gasteiger partial charge in [-0.05, 0) is 38.7 Å². The van der Waals surface area contributed by atoms with Crippen molar-refractivity contribution in [2.24, 2.45) is 0 Å². The first-order chi connectivity index (χ1) is 7.09. The molecule has 15 heavy (non-hydrogen) atoms. The monoisotopic (exact) mass is 208 g/mol. The fourth-order valence-electron chi connectivity index (χ4n) is 2.07. The Kier molecular flexibility index (Phi) is 2.50. The van der Waals surface area contributed by atoms with Crippen LogP contribution >= 0.6 is 0 Å². The van der Waals surface area contributed by atoms with Crippen LogP contribution in [0.3, 0.4) is 0 Å². The van der Waals surface area contributed by atoms with E-state index in [0.717, 1.165) is 30.5 Å². The second kappa shape index (κ2) is 3.68. The number of carboxylic acid groups (broad SMARTS) is 1. The molecule has 0 fully saturated rings. The summed E-state index contributed by atoms with van der Waals surface area (Å²) in [5, 5.41) is 13.5. The summed E-state index contributed by atoms with van der Waals surface area (Å²) in [6.07, 6.45) is 4.63. The van der Waals surface area contributed by atoms with Gasteiger partial charge in [0.1, 0.15) is 5.92 Å². The zero-order chi connectivity index (χ0) is 11.0. The van der Waals surface area contributed by atoms with Gasteiger partial charge in [-0.25, -0.2) is 0 Å². The first-order valence-electron chi connectivity index (χ1n) is 5.40. The molecule has 1 aromatic rings. The Morgan fingerprint density at radius 3 is 3.00 bits per heavy atom. The van der Waals surface area contributed by atoms with Crippen molar-refractivity contribution in [2.75, 3.05) is 0 Å². The lowest BCUT2D eigenvalue weighted by molar-refractivity contribution is -0.139. The second-order valence-electron chi connectivity index (χ2n) is 4.40. The molecule has 0 radical (unpaired) electrons. The molecule has 4 heteroatoms. The van der Waals surface area contributed by atoms with Gasteiger partial charge in [0.05, 0.1) is 5.69 Å². The Balaban J connectivity index is 2.38. The number of hydrogen-bond acceptors (Lipinski definition) is 2. The van der Waals surface area contributed by atoms with E-state index in [9.17, 15) is 4.79 Å². The van der Waals surface area contributed by atoms with E-state index < -0.39 is 11.9 Å². The van der Waals surface area contributed by atoms with E-state index in [0.29, 0.717) is 6.04 Å². The molecule has 1 aliphatic carbocycles. The molecule has 0 aliphatic heterocycles. The van der Waals surface area contributed by atoms with Gasteiger partial charge in [-0.1, -0.05) is 0 Å². The summed E-state index contributed by atoms with van der Waals surface area (Å²) < 4.78 is 1.87. The van der Waals surface area contributed by atoms with E-state index in [2.05, 4.69) is 5.10 Å². The third kappa shape index (κ3) is 1.76. The highest BCUT2D eigenvalue weighted by atomic mass is 16.4. The fraction of sp³-hybridized carbons (Fsp3) is 0.636. The summed E-state index contributed by atoms with van der Waals surface area (Å²) in [6.45, 7) is 4.10. The number of aliphatic carboxylic acids is 1. The number of carboxylic acids is 1. The average Bonchev–Trinajstić information content (AvgIpc) is 2.60. The van der Waals surface area contributed by atoms with Crippen LogP contribution in [0.15, 0.2) is 6.20 Å². The van der Waals surface area contributed by atoms with Crippen molar-refractivity contribution in [3.05, 3.63) is 17.5 Å². The molecule has 1 aromatic heterocycles. The molecule has 0 amide bonds. The van der Waals surface area contributed by atoms with Crippen LogP contribution in [0.25, 0.3) is 0 Å². The number of aromatic nitrogens is 2. The van der Waals surface area contributed by atoms with Crippen LogP contribution in [0.2, 0.25) is 0 Å². The van der Waals surface area contributed by atoms with Gasteiger partial charge in [-0.3, -0.25) is 9.48 Å². The van der Waals surface area contributed by atoms with E-state index in [1.54, 1.807) is 0 Å². The van der Waals surface area contributed by atoms with Crippen LogP contribution in [0, 0.1) is 0 Å². The number of nitrogens with zero attached hydrogens (tertiary/aromatic N) is 2.